The zero-order chi connectivity index (χ0) is 15.8. The fraction of sp³-hybridized carbons (Fsp3) is 0.250. The third-order valence-electron chi connectivity index (χ3n) is 3.10. The van der Waals surface area contributed by atoms with Crippen molar-refractivity contribution in [3.63, 3.8) is 0 Å². The minimum absolute atomic E-state index is 0.0183. The number of aromatic nitrogens is 2. The Morgan fingerprint density at radius 3 is 2.55 bits per heavy atom. The lowest BCUT2D eigenvalue weighted by Gasteiger charge is -2.20. The summed E-state index contributed by atoms with van der Waals surface area (Å²) < 4.78 is 0. The molecular weight excluding hydrogens is 280 g/mol. The zero-order valence-corrected chi connectivity index (χ0v) is 12.4. The molecule has 0 bridgehead atoms. The van der Waals surface area contributed by atoms with Gasteiger partial charge in [0.05, 0.1) is 18.8 Å². The lowest BCUT2D eigenvalue weighted by Crippen LogP contribution is -2.39. The molecule has 6 heteroatoms. The molecule has 2 aromatic rings. The van der Waals surface area contributed by atoms with E-state index in [0.717, 1.165) is 11.3 Å². The van der Waals surface area contributed by atoms with Crippen LogP contribution in [-0.2, 0) is 22.7 Å². The van der Waals surface area contributed by atoms with E-state index >= 15 is 0 Å². The summed E-state index contributed by atoms with van der Waals surface area (Å²) in [4.78, 5) is 33.2. The van der Waals surface area contributed by atoms with Crippen LogP contribution < -0.4 is 5.32 Å². The van der Waals surface area contributed by atoms with E-state index in [2.05, 4.69) is 15.3 Å². The summed E-state index contributed by atoms with van der Waals surface area (Å²) in [6.45, 7) is 2.20. The van der Waals surface area contributed by atoms with E-state index < -0.39 is 0 Å². The standard InChI is InChI=1S/C16H18N4O2/c1-13(21)20(11-14-5-8-17-9-6-14)12-16(22)19-10-15-4-2-3-7-18-15/h2-9H,10-12H2,1H3,(H,19,22). The van der Waals surface area contributed by atoms with Crippen molar-refractivity contribution in [2.45, 2.75) is 20.0 Å². The molecule has 22 heavy (non-hydrogen) atoms. The molecule has 114 valence electrons. The summed E-state index contributed by atoms with van der Waals surface area (Å²) in [7, 11) is 0. The molecule has 0 spiro atoms. The van der Waals surface area contributed by atoms with Crippen molar-refractivity contribution in [2.75, 3.05) is 6.54 Å². The monoisotopic (exact) mass is 298 g/mol. The minimum Gasteiger partial charge on any atom is -0.349 e. The molecule has 0 aliphatic carbocycles. The largest absolute Gasteiger partial charge is 0.349 e. The molecule has 0 saturated heterocycles. The Labute approximate surface area is 129 Å². The smallest absolute Gasteiger partial charge is 0.239 e. The van der Waals surface area contributed by atoms with E-state index in [1.807, 2.05) is 30.3 Å². The highest BCUT2D eigenvalue weighted by Crippen LogP contribution is 2.03. The van der Waals surface area contributed by atoms with Gasteiger partial charge in [-0.05, 0) is 29.8 Å². The Balaban J connectivity index is 1.88. The first kappa shape index (κ1) is 15.6. The first-order valence-electron chi connectivity index (χ1n) is 6.96. The predicted octanol–water partition coefficient (Wildman–Crippen LogP) is 1.14. The summed E-state index contributed by atoms with van der Waals surface area (Å²) in [5.41, 5.74) is 1.71. The zero-order valence-electron chi connectivity index (χ0n) is 12.4. The van der Waals surface area contributed by atoms with Gasteiger partial charge in [0, 0.05) is 32.1 Å². The van der Waals surface area contributed by atoms with Gasteiger partial charge < -0.3 is 10.2 Å². The van der Waals surface area contributed by atoms with Gasteiger partial charge in [0.2, 0.25) is 11.8 Å². The van der Waals surface area contributed by atoms with E-state index in [0.29, 0.717) is 13.1 Å². The number of rotatable bonds is 6. The Hall–Kier alpha value is -2.76. The lowest BCUT2D eigenvalue weighted by atomic mass is 10.2. The molecule has 0 aliphatic rings. The van der Waals surface area contributed by atoms with Gasteiger partial charge in [-0.25, -0.2) is 0 Å². The van der Waals surface area contributed by atoms with E-state index in [-0.39, 0.29) is 18.4 Å². The van der Waals surface area contributed by atoms with Gasteiger partial charge in [-0.1, -0.05) is 6.07 Å². The first-order valence-corrected chi connectivity index (χ1v) is 6.96. The minimum atomic E-state index is -0.213. The van der Waals surface area contributed by atoms with Crippen LogP contribution in [0.5, 0.6) is 0 Å². The Morgan fingerprint density at radius 2 is 1.91 bits per heavy atom. The molecule has 2 heterocycles. The van der Waals surface area contributed by atoms with E-state index in [4.69, 9.17) is 0 Å². The fourth-order valence-corrected chi connectivity index (χ4v) is 1.91. The number of amides is 2. The van der Waals surface area contributed by atoms with Crippen molar-refractivity contribution in [3.8, 4) is 0 Å². The summed E-state index contributed by atoms with van der Waals surface area (Å²) in [5.74, 6) is -0.361. The molecular formula is C16H18N4O2. The molecule has 1 N–H and O–H groups in total. The van der Waals surface area contributed by atoms with Crippen molar-refractivity contribution in [2.24, 2.45) is 0 Å². The number of pyridine rings is 2. The Kier molecular flexibility index (Phi) is 5.59. The second-order valence-electron chi connectivity index (χ2n) is 4.83. The van der Waals surface area contributed by atoms with Crippen LogP contribution in [0, 0.1) is 0 Å². The molecule has 2 rings (SSSR count). The highest BCUT2D eigenvalue weighted by molar-refractivity contribution is 5.83. The van der Waals surface area contributed by atoms with Crippen molar-refractivity contribution in [1.82, 2.24) is 20.2 Å². The number of carbonyl (C=O) groups is 2. The maximum absolute atomic E-state index is 12.0. The second kappa shape index (κ2) is 7.87. The molecule has 0 unspecified atom stereocenters. The van der Waals surface area contributed by atoms with Gasteiger partial charge in [-0.2, -0.15) is 0 Å². The lowest BCUT2D eigenvalue weighted by molar-refractivity contribution is -0.135. The summed E-state index contributed by atoms with van der Waals surface area (Å²) in [6, 6.07) is 9.15. The summed E-state index contributed by atoms with van der Waals surface area (Å²) >= 11 is 0. The number of hydrogen-bond acceptors (Lipinski definition) is 4. The molecule has 0 atom stereocenters. The normalized spacial score (nSPS) is 10.0. The number of nitrogens with one attached hydrogen (secondary N) is 1. The van der Waals surface area contributed by atoms with Crippen LogP contribution in [0.4, 0.5) is 0 Å². The molecule has 2 aromatic heterocycles. The highest BCUT2D eigenvalue weighted by Gasteiger charge is 2.14. The van der Waals surface area contributed by atoms with Crippen molar-refractivity contribution in [1.29, 1.82) is 0 Å². The Morgan fingerprint density at radius 1 is 1.14 bits per heavy atom. The van der Waals surface area contributed by atoms with Gasteiger partial charge >= 0.3 is 0 Å². The quantitative estimate of drug-likeness (QED) is 0.868. The Bertz CT molecular complexity index is 617. The SMILES string of the molecule is CC(=O)N(CC(=O)NCc1ccccn1)Cc1ccncc1. The van der Waals surface area contributed by atoms with Crippen LogP contribution in [-0.4, -0.2) is 33.2 Å². The van der Waals surface area contributed by atoms with Crippen molar-refractivity contribution >= 4 is 11.8 Å². The number of nitrogens with zero attached hydrogens (tertiary/aromatic N) is 3. The van der Waals surface area contributed by atoms with Crippen LogP contribution >= 0.6 is 0 Å². The summed E-state index contributed by atoms with van der Waals surface area (Å²) in [6.07, 6.45) is 5.00. The molecule has 0 radical (unpaired) electrons. The van der Waals surface area contributed by atoms with E-state index in [1.54, 1.807) is 18.6 Å². The van der Waals surface area contributed by atoms with Crippen molar-refractivity contribution in [3.05, 3.63) is 60.2 Å². The van der Waals surface area contributed by atoms with Crippen LogP contribution in [0.1, 0.15) is 18.2 Å². The van der Waals surface area contributed by atoms with Crippen molar-refractivity contribution < 1.29 is 9.59 Å². The van der Waals surface area contributed by atoms with Crippen LogP contribution in [0.25, 0.3) is 0 Å². The van der Waals surface area contributed by atoms with Gasteiger partial charge in [0.15, 0.2) is 0 Å². The molecule has 2 amide bonds. The second-order valence-corrected chi connectivity index (χ2v) is 4.83. The molecule has 0 aliphatic heterocycles. The molecule has 0 saturated carbocycles. The first-order chi connectivity index (χ1) is 10.6. The molecule has 0 fully saturated rings. The van der Waals surface area contributed by atoms with Gasteiger partial charge in [0.25, 0.3) is 0 Å². The van der Waals surface area contributed by atoms with Gasteiger partial charge in [0.1, 0.15) is 0 Å². The number of carbonyl (C=O) groups excluding carboxylic acids is 2. The number of hydrogen-bond donors (Lipinski definition) is 1. The highest BCUT2D eigenvalue weighted by atomic mass is 16.2. The average Bonchev–Trinajstić information content (AvgIpc) is 2.54. The third-order valence-corrected chi connectivity index (χ3v) is 3.10. The molecule has 6 nitrogen and oxygen atoms in total. The maximum Gasteiger partial charge on any atom is 0.239 e. The maximum atomic E-state index is 12.0. The van der Waals surface area contributed by atoms with E-state index in [9.17, 15) is 9.59 Å². The third kappa shape index (κ3) is 4.97. The van der Waals surface area contributed by atoms with E-state index in [1.165, 1.54) is 11.8 Å². The average molecular weight is 298 g/mol. The topological polar surface area (TPSA) is 75.2 Å². The molecule has 0 aromatic carbocycles. The summed E-state index contributed by atoms with van der Waals surface area (Å²) in [5, 5.41) is 2.76. The van der Waals surface area contributed by atoms with Crippen LogP contribution in [0.3, 0.4) is 0 Å². The van der Waals surface area contributed by atoms with Crippen LogP contribution in [0.15, 0.2) is 48.9 Å². The van der Waals surface area contributed by atoms with Gasteiger partial charge in [-0.3, -0.25) is 19.6 Å². The van der Waals surface area contributed by atoms with Gasteiger partial charge in [-0.15, -0.1) is 0 Å². The predicted molar refractivity (Wildman–Crippen MR) is 81.4 cm³/mol. The van der Waals surface area contributed by atoms with Crippen LogP contribution in [0.2, 0.25) is 0 Å². The fourth-order valence-electron chi connectivity index (χ4n) is 1.91.